The molecule has 0 radical (unpaired) electrons. The number of anilines is 1. The van der Waals surface area contributed by atoms with Crippen LogP contribution in [-0.2, 0) is 0 Å². The molecule has 0 saturated carbocycles. The van der Waals surface area contributed by atoms with E-state index >= 15 is 0 Å². The second-order valence-electron chi connectivity index (χ2n) is 2.90. The number of aryl methyl sites for hydroxylation is 1. The molecule has 6 heteroatoms. The maximum atomic E-state index is 8.52. The van der Waals surface area contributed by atoms with Gasteiger partial charge in [0.05, 0.1) is 5.69 Å². The summed E-state index contributed by atoms with van der Waals surface area (Å²) in [5.41, 5.74) is 4.19. The van der Waals surface area contributed by atoms with Crippen molar-refractivity contribution in [1.29, 1.82) is 10.5 Å². The zero-order valence-electron chi connectivity index (χ0n) is 8.25. The Morgan fingerprint density at radius 2 is 1.75 bits per heavy atom. The molecule has 0 heterocycles. The number of nitriles is 2. The van der Waals surface area contributed by atoms with Crippen molar-refractivity contribution < 1.29 is 0 Å². The Morgan fingerprint density at radius 1 is 1.25 bits per heavy atom. The van der Waals surface area contributed by atoms with E-state index in [1.165, 1.54) is 0 Å². The molecule has 0 amide bonds. The summed E-state index contributed by atoms with van der Waals surface area (Å²) in [7, 11) is 0. The van der Waals surface area contributed by atoms with Crippen LogP contribution in [0.2, 0.25) is 0 Å². The molecule has 4 nitrogen and oxygen atoms in total. The predicted molar refractivity (Wildman–Crippen MR) is 68.9 cm³/mol. The lowest BCUT2D eigenvalue weighted by molar-refractivity contribution is 1.30. The molecule has 0 aromatic heterocycles. The summed E-state index contributed by atoms with van der Waals surface area (Å²) in [5.74, 6) is 0. The summed E-state index contributed by atoms with van der Waals surface area (Å²) in [5, 5.41) is 20.7. The molecule has 0 bridgehead atoms. The molecular formula is C10H6Br2N4. The van der Waals surface area contributed by atoms with Gasteiger partial charge >= 0.3 is 0 Å². The largest absolute Gasteiger partial charge is 0.274 e. The van der Waals surface area contributed by atoms with Crippen molar-refractivity contribution in [3.8, 4) is 12.1 Å². The minimum absolute atomic E-state index is 0.223. The molecule has 1 rings (SSSR count). The molecule has 0 aliphatic rings. The van der Waals surface area contributed by atoms with Crippen molar-refractivity contribution in [2.24, 2.45) is 5.10 Å². The predicted octanol–water partition coefficient (Wildman–Crippen LogP) is 3.34. The van der Waals surface area contributed by atoms with Crippen molar-refractivity contribution in [3.63, 3.8) is 0 Å². The van der Waals surface area contributed by atoms with Crippen LogP contribution in [0, 0.1) is 29.6 Å². The van der Waals surface area contributed by atoms with Gasteiger partial charge in [0.1, 0.15) is 12.1 Å². The van der Waals surface area contributed by atoms with E-state index in [0.29, 0.717) is 5.69 Å². The van der Waals surface area contributed by atoms with Gasteiger partial charge in [-0.15, -0.1) is 0 Å². The average molecular weight is 342 g/mol. The lowest BCUT2D eigenvalue weighted by Crippen LogP contribution is -1.98. The van der Waals surface area contributed by atoms with Crippen molar-refractivity contribution in [3.05, 3.63) is 26.6 Å². The number of rotatable bonds is 2. The van der Waals surface area contributed by atoms with Crippen LogP contribution in [0.15, 0.2) is 26.2 Å². The Hall–Kier alpha value is -1.37. The molecule has 0 unspecified atom stereocenters. The Labute approximate surface area is 110 Å². The third-order valence-corrected chi connectivity index (χ3v) is 2.93. The minimum atomic E-state index is -0.223. The van der Waals surface area contributed by atoms with Crippen LogP contribution in [0.4, 0.5) is 5.69 Å². The normalized spacial score (nSPS) is 8.81. The van der Waals surface area contributed by atoms with Gasteiger partial charge in [0, 0.05) is 8.95 Å². The average Bonchev–Trinajstić information content (AvgIpc) is 2.22. The number of hydrazone groups is 1. The van der Waals surface area contributed by atoms with Gasteiger partial charge in [0.15, 0.2) is 0 Å². The standard InChI is InChI=1S/C10H6Br2N4/c1-6-2-8(11)10(9(12)3-6)16-15-7(4-13)5-14/h2-3,16H,1H3. The SMILES string of the molecule is Cc1cc(Br)c(NN=C(C#N)C#N)c(Br)c1. The first-order valence-electron chi connectivity index (χ1n) is 4.18. The molecule has 0 saturated heterocycles. The minimum Gasteiger partial charge on any atom is -0.274 e. The second kappa shape index (κ2) is 5.64. The van der Waals surface area contributed by atoms with Gasteiger partial charge in [-0.05, 0) is 56.5 Å². The van der Waals surface area contributed by atoms with Crippen LogP contribution in [0.5, 0.6) is 0 Å². The monoisotopic (exact) mass is 340 g/mol. The van der Waals surface area contributed by atoms with Crippen molar-refractivity contribution in [2.75, 3.05) is 5.43 Å². The molecular weight excluding hydrogens is 336 g/mol. The van der Waals surface area contributed by atoms with Crippen LogP contribution in [0.25, 0.3) is 0 Å². The van der Waals surface area contributed by atoms with Crippen LogP contribution in [0.1, 0.15) is 5.56 Å². The summed E-state index contributed by atoms with van der Waals surface area (Å²) in [4.78, 5) is 0. The Morgan fingerprint density at radius 3 is 2.19 bits per heavy atom. The summed E-state index contributed by atoms with van der Waals surface area (Å²) in [6.07, 6.45) is 0. The van der Waals surface area contributed by atoms with Crippen LogP contribution >= 0.6 is 31.9 Å². The van der Waals surface area contributed by atoms with E-state index in [9.17, 15) is 0 Å². The van der Waals surface area contributed by atoms with E-state index in [4.69, 9.17) is 10.5 Å². The first-order chi connectivity index (χ1) is 7.58. The highest BCUT2D eigenvalue weighted by Gasteiger charge is 2.05. The van der Waals surface area contributed by atoms with E-state index in [2.05, 4.69) is 42.4 Å². The number of nitrogens with one attached hydrogen (secondary N) is 1. The lowest BCUT2D eigenvalue weighted by Gasteiger charge is -2.07. The van der Waals surface area contributed by atoms with E-state index < -0.39 is 0 Å². The zero-order chi connectivity index (χ0) is 12.1. The first kappa shape index (κ1) is 12.7. The summed E-state index contributed by atoms with van der Waals surface area (Å²) in [6.45, 7) is 1.96. The van der Waals surface area contributed by atoms with E-state index in [0.717, 1.165) is 14.5 Å². The highest BCUT2D eigenvalue weighted by Crippen LogP contribution is 2.32. The fraction of sp³-hybridized carbons (Fsp3) is 0.100. The van der Waals surface area contributed by atoms with Gasteiger partial charge in [-0.25, -0.2) is 0 Å². The van der Waals surface area contributed by atoms with Gasteiger partial charge in [-0.2, -0.15) is 15.6 Å². The fourth-order valence-electron chi connectivity index (χ4n) is 0.993. The molecule has 0 spiro atoms. The van der Waals surface area contributed by atoms with E-state index in [1.807, 2.05) is 19.1 Å². The van der Waals surface area contributed by atoms with E-state index in [-0.39, 0.29) is 5.71 Å². The van der Waals surface area contributed by atoms with Crippen molar-refractivity contribution in [1.82, 2.24) is 0 Å². The topological polar surface area (TPSA) is 72.0 Å². The van der Waals surface area contributed by atoms with E-state index in [1.54, 1.807) is 12.1 Å². The molecule has 0 aliphatic heterocycles. The van der Waals surface area contributed by atoms with Gasteiger partial charge in [0.25, 0.3) is 0 Å². The lowest BCUT2D eigenvalue weighted by atomic mass is 10.2. The third kappa shape index (κ3) is 3.06. The van der Waals surface area contributed by atoms with Crippen LogP contribution in [-0.4, -0.2) is 5.71 Å². The maximum Gasteiger partial charge on any atom is 0.237 e. The Kier molecular flexibility index (Phi) is 4.48. The zero-order valence-corrected chi connectivity index (χ0v) is 11.4. The van der Waals surface area contributed by atoms with Gasteiger partial charge in [0.2, 0.25) is 5.71 Å². The van der Waals surface area contributed by atoms with Gasteiger partial charge in [-0.3, -0.25) is 5.43 Å². The first-order valence-corrected chi connectivity index (χ1v) is 5.76. The van der Waals surface area contributed by atoms with Crippen LogP contribution < -0.4 is 5.43 Å². The number of benzene rings is 1. The smallest absolute Gasteiger partial charge is 0.237 e. The molecule has 0 fully saturated rings. The quantitative estimate of drug-likeness (QED) is 0.662. The molecule has 0 atom stereocenters. The van der Waals surface area contributed by atoms with Crippen LogP contribution in [0.3, 0.4) is 0 Å². The maximum absolute atomic E-state index is 8.52. The third-order valence-electron chi connectivity index (χ3n) is 1.68. The molecule has 1 aromatic carbocycles. The van der Waals surface area contributed by atoms with Crippen molar-refractivity contribution >= 4 is 43.3 Å². The number of halogens is 2. The summed E-state index contributed by atoms with van der Waals surface area (Å²) < 4.78 is 1.61. The molecule has 1 aromatic rings. The molecule has 1 N–H and O–H groups in total. The number of hydrogen-bond donors (Lipinski definition) is 1. The Balaban J connectivity index is 3.05. The highest BCUT2D eigenvalue weighted by atomic mass is 79.9. The Bertz CT molecular complexity index is 484. The number of nitrogens with zero attached hydrogens (tertiary/aromatic N) is 3. The van der Waals surface area contributed by atoms with Crippen molar-refractivity contribution in [2.45, 2.75) is 6.92 Å². The molecule has 0 aliphatic carbocycles. The highest BCUT2D eigenvalue weighted by molar-refractivity contribution is 9.11. The molecule has 80 valence electrons. The fourth-order valence-corrected chi connectivity index (χ4v) is 2.59. The molecule has 16 heavy (non-hydrogen) atoms. The second-order valence-corrected chi connectivity index (χ2v) is 4.61. The summed E-state index contributed by atoms with van der Waals surface area (Å²) in [6, 6.07) is 7.14. The van der Waals surface area contributed by atoms with Gasteiger partial charge in [-0.1, -0.05) is 0 Å². The van der Waals surface area contributed by atoms with Gasteiger partial charge < -0.3 is 0 Å². The number of hydrogen-bond acceptors (Lipinski definition) is 4. The summed E-state index contributed by atoms with van der Waals surface area (Å²) >= 11 is 6.73.